The number of hydrogen-bond acceptors (Lipinski definition) is 7. The molecule has 2 aromatic rings. The Morgan fingerprint density at radius 1 is 0.727 bits per heavy atom. The lowest BCUT2D eigenvalue weighted by Gasteiger charge is -2.09. The fourth-order valence-electron chi connectivity index (χ4n) is 3.38. The molecule has 0 saturated carbocycles. The van der Waals surface area contributed by atoms with Gasteiger partial charge in [0.15, 0.2) is 10.3 Å². The van der Waals surface area contributed by atoms with E-state index >= 15 is 0 Å². The zero-order valence-electron chi connectivity index (χ0n) is 20.6. The van der Waals surface area contributed by atoms with Crippen LogP contribution in [-0.4, -0.2) is 31.6 Å². The Bertz CT molecular complexity index is 769. The maximum absolute atomic E-state index is 9.77. The smallest absolute Gasteiger partial charge is 0.327 e. The number of hydrogen-bond donors (Lipinski definition) is 1. The van der Waals surface area contributed by atoms with Gasteiger partial charge in [-0.1, -0.05) is 102 Å². The maximum atomic E-state index is 9.77. The van der Waals surface area contributed by atoms with Crippen molar-refractivity contribution in [2.24, 2.45) is 0 Å². The van der Waals surface area contributed by atoms with E-state index in [1.165, 1.54) is 77.0 Å². The van der Waals surface area contributed by atoms with Gasteiger partial charge in [0.05, 0.1) is 0 Å². The van der Waals surface area contributed by atoms with Crippen LogP contribution in [0.1, 0.15) is 96.5 Å². The first-order valence-electron chi connectivity index (χ1n) is 12.6. The van der Waals surface area contributed by atoms with Crippen LogP contribution in [0.15, 0.2) is 28.5 Å². The highest BCUT2D eigenvalue weighted by Gasteiger charge is 2.11. The molecule has 5 nitrogen and oxygen atoms in total. The van der Waals surface area contributed by atoms with Crippen molar-refractivity contribution in [1.29, 1.82) is 0 Å². The Morgan fingerprint density at radius 3 is 1.76 bits per heavy atom. The molecule has 0 spiro atoms. The van der Waals surface area contributed by atoms with Gasteiger partial charge in [-0.3, -0.25) is 0 Å². The molecule has 0 atom stereocenters. The van der Waals surface area contributed by atoms with Gasteiger partial charge in [0.25, 0.3) is 0 Å². The minimum Gasteiger partial charge on any atom is -0.508 e. The molecule has 33 heavy (non-hydrogen) atoms. The predicted molar refractivity (Wildman–Crippen MR) is 141 cm³/mol. The average molecular weight is 492 g/mol. The van der Waals surface area contributed by atoms with Gasteiger partial charge in [0.2, 0.25) is 0 Å². The number of benzene rings is 1. The fraction of sp³-hybridized carbons (Fsp3) is 0.654. The number of phenolic OH excluding ortho intramolecular Hbond substituents is 1. The zero-order chi connectivity index (χ0) is 23.7. The van der Waals surface area contributed by atoms with Crippen LogP contribution < -0.4 is 4.74 Å². The van der Waals surface area contributed by atoms with Crippen LogP contribution in [-0.2, 0) is 0 Å². The summed E-state index contributed by atoms with van der Waals surface area (Å²) in [6.45, 7) is 6.34. The van der Waals surface area contributed by atoms with Crippen molar-refractivity contribution in [1.82, 2.24) is 15.0 Å². The third-order valence-electron chi connectivity index (χ3n) is 5.41. The summed E-state index contributed by atoms with van der Waals surface area (Å²) in [5.41, 5.74) is 0.761. The van der Waals surface area contributed by atoms with E-state index < -0.39 is 0 Å². The first-order valence-corrected chi connectivity index (χ1v) is 14.6. The molecule has 0 bridgehead atoms. The topological polar surface area (TPSA) is 68.1 Å². The van der Waals surface area contributed by atoms with Crippen LogP contribution in [0.4, 0.5) is 0 Å². The Hall–Kier alpha value is -1.47. The number of aromatic hydroxyl groups is 1. The second-order valence-electron chi connectivity index (χ2n) is 8.47. The molecule has 1 heterocycles. The standard InChI is InChI=1S/C26H41N3O2S2/c1-4-6-8-10-12-14-18-32-25-27-24(31-22-16-17-23(30)21(3)20-22)28-26(29-25)33-19-15-13-11-9-7-5-2/h16-17,20,30H,4-15,18-19H2,1-3H3. The SMILES string of the molecule is CCCCCCCCSc1nc(Oc2ccc(O)c(C)c2)nc(SCCCCCCCC)n1. The van der Waals surface area contributed by atoms with Gasteiger partial charge >= 0.3 is 6.01 Å². The Labute approximate surface area is 209 Å². The number of ether oxygens (including phenoxy) is 1. The number of unbranched alkanes of at least 4 members (excludes halogenated alkanes) is 10. The molecule has 184 valence electrons. The maximum Gasteiger partial charge on any atom is 0.327 e. The van der Waals surface area contributed by atoms with E-state index in [1.54, 1.807) is 41.7 Å². The van der Waals surface area contributed by atoms with Gasteiger partial charge in [0.1, 0.15) is 11.5 Å². The van der Waals surface area contributed by atoms with Gasteiger partial charge in [-0.05, 0) is 43.5 Å². The molecule has 1 N–H and O–H groups in total. The summed E-state index contributed by atoms with van der Waals surface area (Å²) < 4.78 is 5.94. The van der Waals surface area contributed by atoms with Gasteiger partial charge in [0, 0.05) is 11.5 Å². The lowest BCUT2D eigenvalue weighted by Crippen LogP contribution is -2.00. The van der Waals surface area contributed by atoms with Crippen molar-refractivity contribution in [3.05, 3.63) is 23.8 Å². The summed E-state index contributed by atoms with van der Waals surface area (Å²) in [7, 11) is 0. The zero-order valence-corrected chi connectivity index (χ0v) is 22.3. The van der Waals surface area contributed by atoms with E-state index in [9.17, 15) is 5.11 Å². The molecular formula is C26H41N3O2S2. The summed E-state index contributed by atoms with van der Waals surface area (Å²) in [5, 5.41) is 11.2. The van der Waals surface area contributed by atoms with Crippen molar-refractivity contribution in [2.75, 3.05) is 11.5 Å². The third kappa shape index (κ3) is 12.0. The highest BCUT2D eigenvalue weighted by atomic mass is 32.2. The van der Waals surface area contributed by atoms with Crippen molar-refractivity contribution in [2.45, 2.75) is 108 Å². The molecule has 2 rings (SSSR count). The van der Waals surface area contributed by atoms with Gasteiger partial charge < -0.3 is 9.84 Å². The van der Waals surface area contributed by atoms with E-state index in [1.807, 2.05) is 6.92 Å². The van der Waals surface area contributed by atoms with Crippen LogP contribution in [0.25, 0.3) is 0 Å². The predicted octanol–water partition coefficient (Wildman–Crippen LogP) is 8.58. The second kappa shape index (κ2) is 17.0. The monoisotopic (exact) mass is 491 g/mol. The molecule has 0 aliphatic carbocycles. The number of aryl methyl sites for hydroxylation is 1. The van der Waals surface area contributed by atoms with E-state index in [4.69, 9.17) is 4.74 Å². The van der Waals surface area contributed by atoms with E-state index in [2.05, 4.69) is 28.8 Å². The lowest BCUT2D eigenvalue weighted by molar-refractivity contribution is 0.420. The molecule has 0 amide bonds. The molecule has 1 aromatic heterocycles. The number of nitrogens with zero attached hydrogens (tertiary/aromatic N) is 3. The summed E-state index contributed by atoms with van der Waals surface area (Å²) in [4.78, 5) is 13.8. The molecular weight excluding hydrogens is 450 g/mol. The summed E-state index contributed by atoms with van der Waals surface area (Å²) in [5.74, 6) is 2.89. The van der Waals surface area contributed by atoms with E-state index in [0.29, 0.717) is 11.8 Å². The van der Waals surface area contributed by atoms with Crippen molar-refractivity contribution >= 4 is 23.5 Å². The molecule has 0 aliphatic rings. The van der Waals surface area contributed by atoms with Gasteiger partial charge in [-0.15, -0.1) is 0 Å². The number of phenols is 1. The lowest BCUT2D eigenvalue weighted by atomic mass is 10.1. The fourth-order valence-corrected chi connectivity index (χ4v) is 5.09. The van der Waals surface area contributed by atoms with Crippen LogP contribution in [0.2, 0.25) is 0 Å². The summed E-state index contributed by atoms with van der Waals surface area (Å²) >= 11 is 3.37. The van der Waals surface area contributed by atoms with Crippen molar-refractivity contribution in [3.8, 4) is 17.5 Å². The van der Waals surface area contributed by atoms with Crippen LogP contribution in [0.5, 0.6) is 17.5 Å². The van der Waals surface area contributed by atoms with E-state index in [0.717, 1.165) is 27.4 Å². The van der Waals surface area contributed by atoms with Gasteiger partial charge in [-0.25, -0.2) is 0 Å². The molecule has 0 aliphatic heterocycles. The number of thioether (sulfide) groups is 2. The van der Waals surface area contributed by atoms with Crippen molar-refractivity contribution < 1.29 is 9.84 Å². The minimum atomic E-state index is 0.253. The molecule has 7 heteroatoms. The van der Waals surface area contributed by atoms with Crippen LogP contribution in [0.3, 0.4) is 0 Å². The Morgan fingerprint density at radius 2 is 1.24 bits per heavy atom. The Kier molecular flexibility index (Phi) is 14.3. The number of rotatable bonds is 18. The Balaban J connectivity index is 1.93. The molecule has 0 fully saturated rings. The summed E-state index contributed by atoms with van der Waals surface area (Å²) in [6.07, 6.45) is 15.4. The normalized spacial score (nSPS) is 11.1. The second-order valence-corrected chi connectivity index (χ2v) is 10.6. The molecule has 0 unspecified atom stereocenters. The van der Waals surface area contributed by atoms with Gasteiger partial charge in [-0.2, -0.15) is 15.0 Å². The first-order chi connectivity index (χ1) is 16.1. The highest BCUT2D eigenvalue weighted by Crippen LogP contribution is 2.28. The molecule has 0 saturated heterocycles. The minimum absolute atomic E-state index is 0.253. The van der Waals surface area contributed by atoms with Crippen molar-refractivity contribution in [3.63, 3.8) is 0 Å². The number of aromatic nitrogens is 3. The molecule has 1 aromatic carbocycles. The largest absolute Gasteiger partial charge is 0.508 e. The van der Waals surface area contributed by atoms with Crippen LogP contribution in [0, 0.1) is 6.92 Å². The third-order valence-corrected chi connectivity index (χ3v) is 7.28. The molecule has 0 radical (unpaired) electrons. The average Bonchev–Trinajstić information content (AvgIpc) is 2.80. The first kappa shape index (κ1) is 27.8. The highest BCUT2D eigenvalue weighted by molar-refractivity contribution is 7.99. The summed E-state index contributed by atoms with van der Waals surface area (Å²) in [6, 6.07) is 5.49. The quantitative estimate of drug-likeness (QED) is 0.165. The van der Waals surface area contributed by atoms with E-state index in [-0.39, 0.29) is 5.75 Å². The van der Waals surface area contributed by atoms with Crippen LogP contribution >= 0.6 is 23.5 Å².